The van der Waals surface area contributed by atoms with Crippen molar-refractivity contribution < 1.29 is 9.53 Å². The molecule has 0 aliphatic heterocycles. The Morgan fingerprint density at radius 3 is 2.54 bits per heavy atom. The molecule has 0 aromatic carbocycles. The van der Waals surface area contributed by atoms with Gasteiger partial charge in [-0.1, -0.05) is 6.92 Å². The van der Waals surface area contributed by atoms with Crippen LogP contribution in [0.4, 0.5) is 0 Å². The Kier molecular flexibility index (Phi) is 3.07. The number of rotatable bonds is 3. The van der Waals surface area contributed by atoms with Gasteiger partial charge in [0.1, 0.15) is 11.6 Å². The molecule has 1 rings (SSSR count). The number of nitriles is 1. The molecule has 0 aromatic heterocycles. The van der Waals surface area contributed by atoms with E-state index in [-0.39, 0.29) is 5.57 Å². The van der Waals surface area contributed by atoms with Gasteiger partial charge in [0.25, 0.3) is 0 Å². The first-order valence-electron chi connectivity index (χ1n) is 4.46. The number of methoxy groups -OCH3 is 1. The lowest BCUT2D eigenvalue weighted by molar-refractivity contribution is -0.135. The molecule has 0 spiro atoms. The van der Waals surface area contributed by atoms with E-state index in [2.05, 4.69) is 4.74 Å². The van der Waals surface area contributed by atoms with Gasteiger partial charge in [0.05, 0.1) is 7.11 Å². The van der Waals surface area contributed by atoms with Gasteiger partial charge in [0.15, 0.2) is 0 Å². The van der Waals surface area contributed by atoms with Gasteiger partial charge in [-0.15, -0.1) is 0 Å². The van der Waals surface area contributed by atoms with E-state index in [1.54, 1.807) is 0 Å². The summed E-state index contributed by atoms with van der Waals surface area (Å²) < 4.78 is 4.54. The van der Waals surface area contributed by atoms with E-state index in [1.807, 2.05) is 13.0 Å². The minimum Gasteiger partial charge on any atom is -0.465 e. The van der Waals surface area contributed by atoms with Gasteiger partial charge in [-0.05, 0) is 30.8 Å². The largest absolute Gasteiger partial charge is 0.465 e. The number of esters is 1. The number of hydrogen-bond acceptors (Lipinski definition) is 3. The van der Waals surface area contributed by atoms with Gasteiger partial charge in [-0.2, -0.15) is 5.26 Å². The predicted octanol–water partition coefficient (Wildman–Crippen LogP) is 1.80. The average Bonchev–Trinajstić information content (AvgIpc) is 2.96. The summed E-state index contributed by atoms with van der Waals surface area (Å²) in [6, 6.07) is 1.93. The summed E-state index contributed by atoms with van der Waals surface area (Å²) in [5.74, 6) is -0.0370. The number of hydrogen-bond donors (Lipinski definition) is 0. The zero-order valence-corrected chi connectivity index (χ0v) is 7.96. The summed E-state index contributed by atoms with van der Waals surface area (Å²) >= 11 is 0. The van der Waals surface area contributed by atoms with Crippen molar-refractivity contribution >= 4 is 5.97 Å². The van der Waals surface area contributed by atoms with Crippen LogP contribution in [0.15, 0.2) is 11.1 Å². The van der Waals surface area contributed by atoms with Crippen molar-refractivity contribution in [1.82, 2.24) is 0 Å². The predicted molar refractivity (Wildman–Crippen MR) is 47.7 cm³/mol. The molecule has 1 aliphatic carbocycles. The quantitative estimate of drug-likeness (QED) is 0.377. The van der Waals surface area contributed by atoms with Crippen molar-refractivity contribution in [3.63, 3.8) is 0 Å². The first-order valence-corrected chi connectivity index (χ1v) is 4.46. The maximum Gasteiger partial charge on any atom is 0.348 e. The number of nitrogens with zero attached hydrogens (tertiary/aromatic N) is 1. The Labute approximate surface area is 78.0 Å². The zero-order chi connectivity index (χ0) is 9.84. The van der Waals surface area contributed by atoms with Gasteiger partial charge in [-0.3, -0.25) is 0 Å². The van der Waals surface area contributed by atoms with Crippen LogP contribution in [0.1, 0.15) is 26.2 Å². The molecule has 3 nitrogen and oxygen atoms in total. The molecule has 0 aromatic rings. The highest BCUT2D eigenvalue weighted by Crippen LogP contribution is 2.39. The van der Waals surface area contributed by atoms with E-state index in [0.717, 1.165) is 24.8 Å². The zero-order valence-electron chi connectivity index (χ0n) is 7.96. The Bertz CT molecular complexity index is 282. The standard InChI is InChI=1S/C10H13NO2/c1-3-8(7-4-5-7)9(6-11)10(12)13-2/h7H,3-5H2,1-2H3/b9-8-. The highest BCUT2D eigenvalue weighted by Gasteiger charge is 2.29. The lowest BCUT2D eigenvalue weighted by Gasteiger charge is -2.04. The Hall–Kier alpha value is -1.30. The minimum atomic E-state index is -0.494. The fraction of sp³-hybridized carbons (Fsp3) is 0.600. The summed E-state index contributed by atoms with van der Waals surface area (Å²) in [5, 5.41) is 8.80. The van der Waals surface area contributed by atoms with E-state index in [0.29, 0.717) is 5.92 Å². The fourth-order valence-corrected chi connectivity index (χ4v) is 1.45. The average molecular weight is 179 g/mol. The molecule has 0 heterocycles. The second-order valence-electron chi connectivity index (χ2n) is 3.13. The maximum absolute atomic E-state index is 11.2. The summed E-state index contributed by atoms with van der Waals surface area (Å²) in [5.41, 5.74) is 1.18. The summed E-state index contributed by atoms with van der Waals surface area (Å²) in [6.07, 6.45) is 2.97. The molecule has 1 saturated carbocycles. The van der Waals surface area contributed by atoms with Crippen LogP contribution < -0.4 is 0 Å². The molecule has 0 amide bonds. The molecule has 3 heteroatoms. The highest BCUT2D eigenvalue weighted by atomic mass is 16.5. The lowest BCUT2D eigenvalue weighted by atomic mass is 10.0. The van der Waals surface area contributed by atoms with Gasteiger partial charge in [-0.25, -0.2) is 4.79 Å². The van der Waals surface area contributed by atoms with Gasteiger partial charge < -0.3 is 4.74 Å². The molecular formula is C10H13NO2. The lowest BCUT2D eigenvalue weighted by Crippen LogP contribution is -2.07. The fourth-order valence-electron chi connectivity index (χ4n) is 1.45. The molecular weight excluding hydrogens is 166 g/mol. The first-order chi connectivity index (χ1) is 6.24. The Morgan fingerprint density at radius 1 is 1.62 bits per heavy atom. The van der Waals surface area contributed by atoms with Crippen LogP contribution in [0.2, 0.25) is 0 Å². The topological polar surface area (TPSA) is 50.1 Å². The second-order valence-corrected chi connectivity index (χ2v) is 3.13. The van der Waals surface area contributed by atoms with E-state index >= 15 is 0 Å². The Balaban J connectivity index is 2.93. The van der Waals surface area contributed by atoms with Crippen LogP contribution in [0, 0.1) is 17.2 Å². The highest BCUT2D eigenvalue weighted by molar-refractivity contribution is 5.93. The summed E-state index contributed by atoms with van der Waals surface area (Å²) in [6.45, 7) is 1.97. The summed E-state index contributed by atoms with van der Waals surface area (Å²) in [4.78, 5) is 11.2. The molecule has 13 heavy (non-hydrogen) atoms. The van der Waals surface area contributed by atoms with Gasteiger partial charge in [0.2, 0.25) is 0 Å². The van der Waals surface area contributed by atoms with Crippen molar-refractivity contribution in [3.05, 3.63) is 11.1 Å². The van der Waals surface area contributed by atoms with Crippen molar-refractivity contribution in [2.75, 3.05) is 7.11 Å². The van der Waals surface area contributed by atoms with Crippen LogP contribution in [0.25, 0.3) is 0 Å². The van der Waals surface area contributed by atoms with E-state index in [4.69, 9.17) is 5.26 Å². The molecule has 0 saturated heterocycles. The molecule has 70 valence electrons. The first kappa shape index (κ1) is 9.79. The maximum atomic E-state index is 11.2. The molecule has 0 N–H and O–H groups in total. The van der Waals surface area contributed by atoms with E-state index in [1.165, 1.54) is 7.11 Å². The number of carbonyl (C=O) groups excluding carboxylic acids is 1. The minimum absolute atomic E-state index is 0.215. The monoisotopic (exact) mass is 179 g/mol. The Morgan fingerprint density at radius 2 is 2.23 bits per heavy atom. The van der Waals surface area contributed by atoms with Crippen LogP contribution in [0.3, 0.4) is 0 Å². The molecule has 0 bridgehead atoms. The van der Waals surface area contributed by atoms with Crippen molar-refractivity contribution in [2.24, 2.45) is 5.92 Å². The normalized spacial score (nSPS) is 17.3. The van der Waals surface area contributed by atoms with Crippen molar-refractivity contribution in [1.29, 1.82) is 5.26 Å². The number of carbonyl (C=O) groups is 1. The molecule has 0 atom stereocenters. The smallest absolute Gasteiger partial charge is 0.348 e. The molecule has 0 radical (unpaired) electrons. The SMILES string of the molecule is CC/C(=C(\C#N)C(=O)OC)C1CC1. The van der Waals surface area contributed by atoms with Crippen molar-refractivity contribution in [3.8, 4) is 6.07 Å². The van der Waals surface area contributed by atoms with Gasteiger partial charge >= 0.3 is 5.97 Å². The van der Waals surface area contributed by atoms with Crippen LogP contribution in [-0.4, -0.2) is 13.1 Å². The van der Waals surface area contributed by atoms with Crippen LogP contribution >= 0.6 is 0 Å². The van der Waals surface area contributed by atoms with E-state index in [9.17, 15) is 4.79 Å². The summed E-state index contributed by atoms with van der Waals surface area (Å²) in [7, 11) is 1.31. The molecule has 1 aliphatic rings. The third kappa shape index (κ3) is 2.09. The number of allylic oxidation sites excluding steroid dienone is 1. The molecule has 0 unspecified atom stereocenters. The second kappa shape index (κ2) is 4.08. The number of ether oxygens (including phenoxy) is 1. The van der Waals surface area contributed by atoms with E-state index < -0.39 is 5.97 Å². The van der Waals surface area contributed by atoms with Gasteiger partial charge in [0, 0.05) is 0 Å². The van der Waals surface area contributed by atoms with Crippen LogP contribution in [-0.2, 0) is 9.53 Å². The van der Waals surface area contributed by atoms with Crippen molar-refractivity contribution in [2.45, 2.75) is 26.2 Å². The van der Waals surface area contributed by atoms with Crippen LogP contribution in [0.5, 0.6) is 0 Å². The third-order valence-electron chi connectivity index (χ3n) is 2.27. The third-order valence-corrected chi connectivity index (χ3v) is 2.27. The molecule has 1 fully saturated rings.